The highest BCUT2D eigenvalue weighted by Gasteiger charge is 2.21. The normalized spacial score (nSPS) is 18.6. The van der Waals surface area contributed by atoms with Gasteiger partial charge in [-0.15, -0.1) is 24.0 Å². The average Bonchev–Trinajstić information content (AvgIpc) is 2.66. The third kappa shape index (κ3) is 7.34. The third-order valence-electron chi connectivity index (χ3n) is 4.86. The summed E-state index contributed by atoms with van der Waals surface area (Å²) in [7, 11) is 9.48. The molecule has 1 unspecified atom stereocenters. The summed E-state index contributed by atoms with van der Waals surface area (Å²) in [6, 6.07) is 6.52. The van der Waals surface area contributed by atoms with E-state index in [0.717, 1.165) is 56.6 Å². The maximum atomic E-state index is 5.36. The number of halogens is 1. The van der Waals surface area contributed by atoms with Gasteiger partial charge in [-0.2, -0.15) is 0 Å². The minimum absolute atomic E-state index is 0. The van der Waals surface area contributed by atoms with E-state index in [4.69, 9.17) is 9.47 Å². The first-order valence-electron chi connectivity index (χ1n) is 9.11. The Morgan fingerprint density at radius 2 is 1.89 bits per heavy atom. The first-order valence-corrected chi connectivity index (χ1v) is 9.11. The van der Waals surface area contributed by atoms with E-state index in [9.17, 15) is 0 Å². The lowest BCUT2D eigenvalue weighted by Gasteiger charge is -2.37. The summed E-state index contributed by atoms with van der Waals surface area (Å²) < 4.78 is 10.6. The highest BCUT2D eigenvalue weighted by Crippen LogP contribution is 2.27. The fourth-order valence-corrected chi connectivity index (χ4v) is 3.12. The van der Waals surface area contributed by atoms with Crippen molar-refractivity contribution in [3.8, 4) is 11.5 Å². The van der Waals surface area contributed by atoms with Crippen LogP contribution in [-0.2, 0) is 6.42 Å². The van der Waals surface area contributed by atoms with Gasteiger partial charge >= 0.3 is 0 Å². The second-order valence-electron chi connectivity index (χ2n) is 6.72. The van der Waals surface area contributed by atoms with Crippen LogP contribution in [0, 0.1) is 0 Å². The predicted octanol–water partition coefficient (Wildman–Crippen LogP) is 1.28. The van der Waals surface area contributed by atoms with Crippen molar-refractivity contribution in [2.75, 3.05) is 68.1 Å². The number of likely N-dealkylation sites (N-methyl/N-ethyl adjacent to an activating group) is 2. The number of nitrogens with one attached hydrogen (secondary N) is 2. The molecule has 1 aliphatic heterocycles. The van der Waals surface area contributed by atoms with Crippen molar-refractivity contribution < 1.29 is 9.47 Å². The Morgan fingerprint density at radius 3 is 2.56 bits per heavy atom. The van der Waals surface area contributed by atoms with Gasteiger partial charge in [0.1, 0.15) is 0 Å². The summed E-state index contributed by atoms with van der Waals surface area (Å²) in [4.78, 5) is 9.11. The second kappa shape index (κ2) is 12.2. The zero-order chi connectivity index (χ0) is 18.9. The molecule has 2 rings (SSSR count). The number of methoxy groups -OCH3 is 2. The van der Waals surface area contributed by atoms with Crippen LogP contribution in [0.3, 0.4) is 0 Å². The highest BCUT2D eigenvalue weighted by atomic mass is 127. The van der Waals surface area contributed by atoms with E-state index in [-0.39, 0.29) is 24.0 Å². The van der Waals surface area contributed by atoms with Crippen LogP contribution in [0.15, 0.2) is 23.2 Å². The molecule has 8 heteroatoms. The number of piperazine rings is 1. The van der Waals surface area contributed by atoms with Crippen LogP contribution >= 0.6 is 24.0 Å². The van der Waals surface area contributed by atoms with E-state index >= 15 is 0 Å². The van der Waals surface area contributed by atoms with E-state index < -0.39 is 0 Å². The zero-order valence-corrected chi connectivity index (χ0v) is 19.4. The molecule has 1 aromatic carbocycles. The molecule has 7 nitrogen and oxygen atoms in total. The van der Waals surface area contributed by atoms with Gasteiger partial charge in [0.2, 0.25) is 0 Å². The van der Waals surface area contributed by atoms with Crippen molar-refractivity contribution in [3.05, 3.63) is 23.8 Å². The molecule has 1 fully saturated rings. The standard InChI is InChI=1S/C19H33N5O2.HI/c1-20-19(22-13-16-14-23(2)10-11-24(16)3)21-9-8-15-6-7-17(25-4)18(12-15)26-5;/h6-7,12,16H,8-11,13-14H2,1-5H3,(H2,20,21,22);1H. The number of nitrogens with zero attached hydrogens (tertiary/aromatic N) is 3. The minimum Gasteiger partial charge on any atom is -0.493 e. The largest absolute Gasteiger partial charge is 0.493 e. The number of guanidine groups is 1. The van der Waals surface area contributed by atoms with Crippen LogP contribution < -0.4 is 20.1 Å². The maximum absolute atomic E-state index is 5.36. The van der Waals surface area contributed by atoms with Crippen LogP contribution in [0.2, 0.25) is 0 Å². The van der Waals surface area contributed by atoms with Gasteiger partial charge in [-0.1, -0.05) is 6.07 Å². The number of hydrogen-bond acceptors (Lipinski definition) is 5. The molecule has 27 heavy (non-hydrogen) atoms. The van der Waals surface area contributed by atoms with Gasteiger partial charge in [0.15, 0.2) is 17.5 Å². The molecular formula is C19H34IN5O2. The average molecular weight is 491 g/mol. The molecule has 0 spiro atoms. The van der Waals surface area contributed by atoms with Crippen LogP contribution in [0.1, 0.15) is 5.56 Å². The SMILES string of the molecule is CN=C(NCCc1ccc(OC)c(OC)c1)NCC1CN(C)CCN1C.I. The molecule has 0 saturated carbocycles. The van der Waals surface area contributed by atoms with Gasteiger partial charge in [-0.25, -0.2) is 0 Å². The molecule has 154 valence electrons. The summed E-state index contributed by atoms with van der Waals surface area (Å²) in [5, 5.41) is 6.83. The molecule has 0 radical (unpaired) electrons. The van der Waals surface area contributed by atoms with Gasteiger partial charge in [-0.3, -0.25) is 9.89 Å². The molecule has 1 aliphatic rings. The van der Waals surface area contributed by atoms with Crippen molar-refractivity contribution in [3.63, 3.8) is 0 Å². The van der Waals surface area contributed by atoms with Gasteiger partial charge < -0.3 is 25.0 Å². The lowest BCUT2D eigenvalue weighted by atomic mass is 10.1. The maximum Gasteiger partial charge on any atom is 0.191 e. The predicted molar refractivity (Wildman–Crippen MR) is 122 cm³/mol. The smallest absolute Gasteiger partial charge is 0.191 e. The monoisotopic (exact) mass is 491 g/mol. The summed E-state index contributed by atoms with van der Waals surface area (Å²) in [5.74, 6) is 2.35. The molecule has 1 aromatic rings. The number of hydrogen-bond donors (Lipinski definition) is 2. The number of rotatable bonds is 7. The molecule has 0 bridgehead atoms. The van der Waals surface area contributed by atoms with E-state index in [0.29, 0.717) is 6.04 Å². The Kier molecular flexibility index (Phi) is 10.8. The lowest BCUT2D eigenvalue weighted by Crippen LogP contribution is -2.55. The molecule has 0 aliphatic carbocycles. The summed E-state index contributed by atoms with van der Waals surface area (Å²) in [6.07, 6.45) is 0.882. The molecule has 1 heterocycles. The second-order valence-corrected chi connectivity index (χ2v) is 6.72. The molecule has 1 atom stereocenters. The van der Waals surface area contributed by atoms with Crippen molar-refractivity contribution in [2.45, 2.75) is 12.5 Å². The zero-order valence-electron chi connectivity index (χ0n) is 17.1. The fourth-order valence-electron chi connectivity index (χ4n) is 3.12. The topological polar surface area (TPSA) is 61.4 Å². The van der Waals surface area contributed by atoms with Crippen molar-refractivity contribution >= 4 is 29.9 Å². The Hall–Kier alpha value is -1.26. The van der Waals surface area contributed by atoms with Crippen LogP contribution in [0.4, 0.5) is 0 Å². The summed E-state index contributed by atoms with van der Waals surface area (Å²) in [6.45, 7) is 5.00. The van der Waals surface area contributed by atoms with Crippen molar-refractivity contribution in [1.82, 2.24) is 20.4 Å². The summed E-state index contributed by atoms with van der Waals surface area (Å²) >= 11 is 0. The molecule has 0 aromatic heterocycles. The third-order valence-corrected chi connectivity index (χ3v) is 4.86. The van der Waals surface area contributed by atoms with Gasteiger partial charge in [0, 0.05) is 45.8 Å². The number of benzene rings is 1. The number of aliphatic imine (C=N–C) groups is 1. The molecular weight excluding hydrogens is 457 g/mol. The van der Waals surface area contributed by atoms with E-state index in [1.165, 1.54) is 5.56 Å². The van der Waals surface area contributed by atoms with E-state index in [1.54, 1.807) is 14.2 Å². The molecule has 0 amide bonds. The Labute approximate surface area is 180 Å². The van der Waals surface area contributed by atoms with Crippen LogP contribution in [-0.4, -0.2) is 89.9 Å². The fraction of sp³-hybridized carbons (Fsp3) is 0.632. The first-order chi connectivity index (χ1) is 12.6. The van der Waals surface area contributed by atoms with Gasteiger partial charge in [0.25, 0.3) is 0 Å². The quantitative estimate of drug-likeness (QED) is 0.341. The Balaban J connectivity index is 0.00000364. The van der Waals surface area contributed by atoms with E-state index in [1.807, 2.05) is 19.2 Å². The minimum atomic E-state index is 0. The summed E-state index contributed by atoms with van der Waals surface area (Å²) in [5.41, 5.74) is 1.19. The highest BCUT2D eigenvalue weighted by molar-refractivity contribution is 14.0. The first kappa shape index (κ1) is 23.8. The van der Waals surface area contributed by atoms with Gasteiger partial charge in [-0.05, 0) is 38.2 Å². The lowest BCUT2D eigenvalue weighted by molar-refractivity contribution is 0.116. The van der Waals surface area contributed by atoms with E-state index in [2.05, 4.69) is 45.6 Å². The Bertz CT molecular complexity index is 599. The van der Waals surface area contributed by atoms with Crippen LogP contribution in [0.25, 0.3) is 0 Å². The van der Waals surface area contributed by atoms with Gasteiger partial charge in [0.05, 0.1) is 14.2 Å². The number of ether oxygens (including phenoxy) is 2. The molecule has 1 saturated heterocycles. The van der Waals surface area contributed by atoms with Crippen LogP contribution in [0.5, 0.6) is 11.5 Å². The van der Waals surface area contributed by atoms with Crippen molar-refractivity contribution in [1.29, 1.82) is 0 Å². The van der Waals surface area contributed by atoms with Crippen molar-refractivity contribution in [2.24, 2.45) is 4.99 Å². The Morgan fingerprint density at radius 1 is 1.15 bits per heavy atom. The molecule has 2 N–H and O–H groups in total.